The lowest BCUT2D eigenvalue weighted by Crippen LogP contribution is -2.51. The van der Waals surface area contributed by atoms with Gasteiger partial charge in [0.05, 0.1) is 41.4 Å². The van der Waals surface area contributed by atoms with Crippen molar-refractivity contribution in [3.8, 4) is 11.8 Å². The Bertz CT molecular complexity index is 994. The predicted octanol–water partition coefficient (Wildman–Crippen LogP) is 2.49. The molecule has 4 rings (SSSR count). The standard InChI is InChI=1S/C19H20ClN7O2/c1-12-8-15(17(21-9-12)27-24-5-6-25-27)18(28)26-7-3-4-16(13(26)2)29-19-22-10-14(20)11-23-19/h5-6,8-11,13,16H,3-4,7H2,1-2H3/t13-,16+/m0/s1. The Hall–Kier alpha value is -3.07. The summed E-state index contributed by atoms with van der Waals surface area (Å²) < 4.78 is 5.94. The van der Waals surface area contributed by atoms with Crippen LogP contribution in [0.1, 0.15) is 35.7 Å². The first-order valence-electron chi connectivity index (χ1n) is 9.31. The van der Waals surface area contributed by atoms with Gasteiger partial charge < -0.3 is 9.64 Å². The van der Waals surface area contributed by atoms with E-state index in [0.29, 0.717) is 22.9 Å². The summed E-state index contributed by atoms with van der Waals surface area (Å²) in [6, 6.07) is 1.89. The van der Waals surface area contributed by atoms with Crippen LogP contribution in [0.3, 0.4) is 0 Å². The Labute approximate surface area is 172 Å². The number of carbonyl (C=O) groups is 1. The molecule has 150 valence electrons. The summed E-state index contributed by atoms with van der Waals surface area (Å²) in [5.41, 5.74) is 1.34. The molecule has 1 aliphatic rings. The van der Waals surface area contributed by atoms with E-state index in [1.165, 1.54) is 17.2 Å². The molecule has 1 fully saturated rings. The molecule has 0 aromatic carbocycles. The van der Waals surface area contributed by atoms with Crippen molar-refractivity contribution in [1.29, 1.82) is 0 Å². The summed E-state index contributed by atoms with van der Waals surface area (Å²) in [6.07, 6.45) is 9.16. The second kappa shape index (κ2) is 8.12. The van der Waals surface area contributed by atoms with Gasteiger partial charge in [0.25, 0.3) is 5.91 Å². The predicted molar refractivity (Wildman–Crippen MR) is 105 cm³/mol. The molecular weight excluding hydrogens is 394 g/mol. The Morgan fingerprint density at radius 2 is 1.90 bits per heavy atom. The molecule has 0 unspecified atom stereocenters. The lowest BCUT2D eigenvalue weighted by atomic mass is 9.98. The number of halogens is 1. The van der Waals surface area contributed by atoms with E-state index in [9.17, 15) is 4.79 Å². The van der Waals surface area contributed by atoms with Crippen LogP contribution in [0.15, 0.2) is 37.1 Å². The Morgan fingerprint density at radius 3 is 2.62 bits per heavy atom. The Morgan fingerprint density at radius 1 is 1.17 bits per heavy atom. The highest BCUT2D eigenvalue weighted by molar-refractivity contribution is 6.30. The minimum atomic E-state index is -0.224. The van der Waals surface area contributed by atoms with Gasteiger partial charge in [-0.2, -0.15) is 10.2 Å². The minimum absolute atomic E-state index is 0.133. The molecule has 1 aliphatic heterocycles. The van der Waals surface area contributed by atoms with E-state index in [2.05, 4.69) is 25.1 Å². The fourth-order valence-corrected chi connectivity index (χ4v) is 3.51. The summed E-state index contributed by atoms with van der Waals surface area (Å²) in [6.45, 7) is 4.49. The molecular formula is C19H20ClN7O2. The van der Waals surface area contributed by atoms with Gasteiger partial charge in [-0.25, -0.2) is 15.0 Å². The smallest absolute Gasteiger partial charge is 0.316 e. The molecule has 2 atom stereocenters. The van der Waals surface area contributed by atoms with Crippen molar-refractivity contribution in [3.05, 3.63) is 53.2 Å². The summed E-state index contributed by atoms with van der Waals surface area (Å²) in [7, 11) is 0. The van der Waals surface area contributed by atoms with E-state index in [0.717, 1.165) is 18.4 Å². The molecule has 1 saturated heterocycles. The summed E-state index contributed by atoms with van der Waals surface area (Å²) >= 11 is 5.83. The Kier molecular flexibility index (Phi) is 5.39. The Balaban J connectivity index is 1.58. The largest absolute Gasteiger partial charge is 0.458 e. The highest BCUT2D eigenvalue weighted by Gasteiger charge is 2.35. The summed E-state index contributed by atoms with van der Waals surface area (Å²) in [5.74, 6) is 0.271. The second-order valence-electron chi connectivity index (χ2n) is 6.92. The first-order valence-corrected chi connectivity index (χ1v) is 9.69. The third-order valence-electron chi connectivity index (χ3n) is 4.87. The number of nitrogens with zero attached hydrogens (tertiary/aromatic N) is 7. The molecule has 0 saturated carbocycles. The van der Waals surface area contributed by atoms with Gasteiger partial charge in [-0.05, 0) is 38.3 Å². The number of ether oxygens (including phenoxy) is 1. The van der Waals surface area contributed by atoms with Gasteiger partial charge in [-0.1, -0.05) is 11.6 Å². The van der Waals surface area contributed by atoms with Crippen LogP contribution in [-0.4, -0.2) is 59.4 Å². The van der Waals surface area contributed by atoms with Crippen molar-refractivity contribution < 1.29 is 9.53 Å². The zero-order chi connectivity index (χ0) is 20.4. The molecule has 3 aromatic heterocycles. The van der Waals surface area contributed by atoms with Crippen molar-refractivity contribution in [3.63, 3.8) is 0 Å². The van der Waals surface area contributed by atoms with Crippen LogP contribution >= 0.6 is 11.6 Å². The highest BCUT2D eigenvalue weighted by Crippen LogP contribution is 2.25. The fraction of sp³-hybridized carbons (Fsp3) is 0.368. The summed E-state index contributed by atoms with van der Waals surface area (Å²) in [5, 5.41) is 8.69. The average molecular weight is 414 g/mol. The van der Waals surface area contributed by atoms with Crippen molar-refractivity contribution in [2.45, 2.75) is 38.8 Å². The van der Waals surface area contributed by atoms with E-state index >= 15 is 0 Å². The van der Waals surface area contributed by atoms with Crippen LogP contribution in [0.4, 0.5) is 0 Å². The van der Waals surface area contributed by atoms with Crippen LogP contribution in [0, 0.1) is 6.92 Å². The van der Waals surface area contributed by atoms with Crippen molar-refractivity contribution in [2.75, 3.05) is 6.54 Å². The van der Waals surface area contributed by atoms with Gasteiger partial charge in [0.15, 0.2) is 5.82 Å². The number of aromatic nitrogens is 6. The van der Waals surface area contributed by atoms with Crippen LogP contribution in [0.2, 0.25) is 5.02 Å². The van der Waals surface area contributed by atoms with Crippen LogP contribution in [0.25, 0.3) is 5.82 Å². The number of hydrogen-bond acceptors (Lipinski definition) is 7. The first kappa shape index (κ1) is 19.3. The van der Waals surface area contributed by atoms with Crippen LogP contribution < -0.4 is 4.74 Å². The number of likely N-dealkylation sites (tertiary alicyclic amines) is 1. The molecule has 4 heterocycles. The van der Waals surface area contributed by atoms with Gasteiger partial charge in [-0.15, -0.1) is 4.80 Å². The third-order valence-corrected chi connectivity index (χ3v) is 5.07. The van der Waals surface area contributed by atoms with Crippen LogP contribution in [0.5, 0.6) is 6.01 Å². The van der Waals surface area contributed by atoms with Gasteiger partial charge >= 0.3 is 6.01 Å². The lowest BCUT2D eigenvalue weighted by molar-refractivity contribution is 0.0248. The molecule has 0 spiro atoms. The van der Waals surface area contributed by atoms with Crippen LogP contribution in [-0.2, 0) is 0 Å². The van der Waals surface area contributed by atoms with E-state index in [4.69, 9.17) is 16.3 Å². The van der Waals surface area contributed by atoms with E-state index in [1.807, 2.05) is 19.9 Å². The molecule has 0 aliphatic carbocycles. The zero-order valence-corrected chi connectivity index (χ0v) is 16.8. The molecule has 10 heteroatoms. The van der Waals surface area contributed by atoms with Gasteiger partial charge in [-0.3, -0.25) is 4.79 Å². The molecule has 9 nitrogen and oxygen atoms in total. The quantitative estimate of drug-likeness (QED) is 0.647. The number of rotatable bonds is 4. The molecule has 29 heavy (non-hydrogen) atoms. The SMILES string of the molecule is Cc1cnc(-n2nccn2)c(C(=O)N2CCC[C@@H](Oc3ncc(Cl)cn3)[C@@H]2C)c1. The number of aryl methyl sites for hydroxylation is 1. The maximum Gasteiger partial charge on any atom is 0.316 e. The highest BCUT2D eigenvalue weighted by atomic mass is 35.5. The number of hydrogen-bond donors (Lipinski definition) is 0. The molecule has 0 bridgehead atoms. The summed E-state index contributed by atoms with van der Waals surface area (Å²) in [4.78, 5) is 29.2. The van der Waals surface area contributed by atoms with E-state index in [-0.39, 0.29) is 24.1 Å². The van der Waals surface area contributed by atoms with E-state index in [1.54, 1.807) is 23.5 Å². The average Bonchev–Trinajstić information content (AvgIpc) is 3.25. The number of amides is 1. The fourth-order valence-electron chi connectivity index (χ4n) is 3.41. The molecule has 0 radical (unpaired) electrons. The normalized spacial score (nSPS) is 19.2. The number of carbonyl (C=O) groups excluding carboxylic acids is 1. The zero-order valence-electron chi connectivity index (χ0n) is 16.1. The monoisotopic (exact) mass is 413 g/mol. The topological polar surface area (TPSA) is 98.9 Å². The van der Waals surface area contributed by atoms with Gasteiger partial charge in [0.2, 0.25) is 0 Å². The maximum absolute atomic E-state index is 13.4. The first-order chi connectivity index (χ1) is 14.0. The van der Waals surface area contributed by atoms with Gasteiger partial charge in [0, 0.05) is 12.7 Å². The van der Waals surface area contributed by atoms with Crippen molar-refractivity contribution in [2.24, 2.45) is 0 Å². The minimum Gasteiger partial charge on any atom is -0.458 e. The van der Waals surface area contributed by atoms with Gasteiger partial charge in [0.1, 0.15) is 6.10 Å². The second-order valence-corrected chi connectivity index (χ2v) is 7.36. The lowest BCUT2D eigenvalue weighted by Gasteiger charge is -2.38. The molecule has 1 amide bonds. The maximum atomic E-state index is 13.4. The molecule has 3 aromatic rings. The number of pyridine rings is 1. The number of piperidine rings is 1. The molecule has 0 N–H and O–H groups in total. The van der Waals surface area contributed by atoms with E-state index < -0.39 is 0 Å². The van der Waals surface area contributed by atoms with Crippen molar-refractivity contribution >= 4 is 17.5 Å². The third kappa shape index (κ3) is 4.04. The van der Waals surface area contributed by atoms with Crippen molar-refractivity contribution in [1.82, 2.24) is 34.8 Å².